The van der Waals surface area contributed by atoms with E-state index in [0.717, 1.165) is 0 Å². The standard InChI is InChI=1S/C13H21N3O2/c1-3-4-5-6-12(17)16-9-7-15(8-10-16)11(2)13(14)18/h3-6,11H,7-10H2,1-2H3,(H2,14,18)/b4-3+,6-5+/t11-/m1/s1. The van der Waals surface area contributed by atoms with E-state index < -0.39 is 0 Å². The molecular formula is C13H21N3O2. The van der Waals surface area contributed by atoms with Crippen molar-refractivity contribution in [3.8, 4) is 0 Å². The molecule has 1 aliphatic heterocycles. The number of primary amides is 1. The van der Waals surface area contributed by atoms with Crippen molar-refractivity contribution < 1.29 is 9.59 Å². The molecule has 0 aromatic heterocycles. The Hall–Kier alpha value is -1.62. The van der Waals surface area contributed by atoms with Crippen LogP contribution in [0.15, 0.2) is 24.3 Å². The van der Waals surface area contributed by atoms with E-state index in [1.54, 1.807) is 24.0 Å². The highest BCUT2D eigenvalue weighted by atomic mass is 16.2. The zero-order valence-electron chi connectivity index (χ0n) is 11.0. The molecule has 0 unspecified atom stereocenters. The highest BCUT2D eigenvalue weighted by Gasteiger charge is 2.25. The summed E-state index contributed by atoms with van der Waals surface area (Å²) < 4.78 is 0. The van der Waals surface area contributed by atoms with Gasteiger partial charge >= 0.3 is 0 Å². The summed E-state index contributed by atoms with van der Waals surface area (Å²) in [4.78, 5) is 26.6. The van der Waals surface area contributed by atoms with Crippen molar-refractivity contribution in [3.63, 3.8) is 0 Å². The summed E-state index contributed by atoms with van der Waals surface area (Å²) in [5.74, 6) is -0.303. The van der Waals surface area contributed by atoms with Gasteiger partial charge in [-0.15, -0.1) is 0 Å². The molecule has 0 aromatic rings. The molecule has 5 nitrogen and oxygen atoms in total. The van der Waals surface area contributed by atoms with Crippen LogP contribution in [0.1, 0.15) is 13.8 Å². The summed E-state index contributed by atoms with van der Waals surface area (Å²) in [6.07, 6.45) is 6.99. The van der Waals surface area contributed by atoms with Crippen molar-refractivity contribution in [1.82, 2.24) is 9.80 Å². The minimum Gasteiger partial charge on any atom is -0.368 e. The molecule has 1 atom stereocenters. The molecule has 1 rings (SSSR count). The van der Waals surface area contributed by atoms with Gasteiger partial charge in [0.15, 0.2) is 0 Å². The zero-order chi connectivity index (χ0) is 13.5. The second-order valence-electron chi connectivity index (χ2n) is 4.32. The van der Waals surface area contributed by atoms with Crippen molar-refractivity contribution in [3.05, 3.63) is 24.3 Å². The second-order valence-corrected chi connectivity index (χ2v) is 4.32. The number of carbonyl (C=O) groups is 2. The predicted molar refractivity (Wildman–Crippen MR) is 70.8 cm³/mol. The van der Waals surface area contributed by atoms with Crippen LogP contribution in [-0.4, -0.2) is 53.8 Å². The third kappa shape index (κ3) is 4.00. The molecule has 0 spiro atoms. The number of amides is 2. The summed E-state index contributed by atoms with van der Waals surface area (Å²) in [6.45, 7) is 6.35. The van der Waals surface area contributed by atoms with E-state index in [2.05, 4.69) is 0 Å². The number of rotatable bonds is 4. The van der Waals surface area contributed by atoms with Gasteiger partial charge in [-0.2, -0.15) is 0 Å². The lowest BCUT2D eigenvalue weighted by Crippen LogP contribution is -2.54. The minimum atomic E-state index is -0.317. The monoisotopic (exact) mass is 251 g/mol. The van der Waals surface area contributed by atoms with Crippen LogP contribution in [0.5, 0.6) is 0 Å². The largest absolute Gasteiger partial charge is 0.368 e. The first-order chi connectivity index (χ1) is 8.56. The van der Waals surface area contributed by atoms with Gasteiger partial charge in [-0.1, -0.05) is 18.2 Å². The fraction of sp³-hybridized carbons (Fsp3) is 0.538. The van der Waals surface area contributed by atoms with E-state index in [0.29, 0.717) is 26.2 Å². The molecule has 2 N–H and O–H groups in total. The highest BCUT2D eigenvalue weighted by molar-refractivity contribution is 5.88. The number of hydrogen-bond donors (Lipinski definition) is 1. The number of nitrogens with two attached hydrogens (primary N) is 1. The molecule has 0 radical (unpaired) electrons. The summed E-state index contributed by atoms with van der Waals surface area (Å²) in [5, 5.41) is 0. The van der Waals surface area contributed by atoms with E-state index in [1.807, 2.05) is 24.0 Å². The minimum absolute atomic E-state index is 0.0134. The van der Waals surface area contributed by atoms with Gasteiger partial charge in [0.25, 0.3) is 0 Å². The number of nitrogens with zero attached hydrogens (tertiary/aromatic N) is 2. The molecule has 1 saturated heterocycles. The molecule has 1 aliphatic rings. The first kappa shape index (κ1) is 14.4. The van der Waals surface area contributed by atoms with Crippen LogP contribution in [0.2, 0.25) is 0 Å². The van der Waals surface area contributed by atoms with Crippen LogP contribution >= 0.6 is 0 Å². The molecule has 0 aromatic carbocycles. The van der Waals surface area contributed by atoms with Crippen LogP contribution in [0.3, 0.4) is 0 Å². The van der Waals surface area contributed by atoms with Gasteiger partial charge in [0, 0.05) is 32.3 Å². The molecule has 0 bridgehead atoms. The molecule has 2 amide bonds. The molecule has 18 heavy (non-hydrogen) atoms. The van der Waals surface area contributed by atoms with Crippen LogP contribution in [0, 0.1) is 0 Å². The summed E-state index contributed by atoms with van der Waals surface area (Å²) in [7, 11) is 0. The van der Waals surface area contributed by atoms with Gasteiger partial charge in [0.2, 0.25) is 11.8 Å². The lowest BCUT2D eigenvalue weighted by Gasteiger charge is -2.36. The quantitative estimate of drug-likeness (QED) is 0.571. The van der Waals surface area contributed by atoms with E-state index >= 15 is 0 Å². The number of hydrogen-bond acceptors (Lipinski definition) is 3. The van der Waals surface area contributed by atoms with Crippen LogP contribution in [0.4, 0.5) is 0 Å². The van der Waals surface area contributed by atoms with E-state index in [1.165, 1.54) is 0 Å². The Balaban J connectivity index is 2.44. The third-order valence-electron chi connectivity index (χ3n) is 3.13. The van der Waals surface area contributed by atoms with Crippen molar-refractivity contribution in [1.29, 1.82) is 0 Å². The Bertz CT molecular complexity index is 355. The van der Waals surface area contributed by atoms with Gasteiger partial charge in [-0.05, 0) is 13.8 Å². The van der Waals surface area contributed by atoms with Crippen molar-refractivity contribution in [2.24, 2.45) is 5.73 Å². The Morgan fingerprint density at radius 3 is 2.28 bits per heavy atom. The molecule has 0 saturated carbocycles. The van der Waals surface area contributed by atoms with Crippen molar-refractivity contribution >= 4 is 11.8 Å². The maximum absolute atomic E-state index is 11.8. The first-order valence-electron chi connectivity index (χ1n) is 6.18. The fourth-order valence-electron chi connectivity index (χ4n) is 1.86. The normalized spacial score (nSPS) is 19.6. The molecule has 1 fully saturated rings. The Kier molecular flexibility index (Phi) is 5.58. The van der Waals surface area contributed by atoms with Gasteiger partial charge in [0.1, 0.15) is 0 Å². The first-order valence-corrected chi connectivity index (χ1v) is 6.18. The molecule has 5 heteroatoms. The average Bonchev–Trinajstić information content (AvgIpc) is 2.38. The third-order valence-corrected chi connectivity index (χ3v) is 3.13. The Morgan fingerprint density at radius 2 is 1.78 bits per heavy atom. The average molecular weight is 251 g/mol. The Morgan fingerprint density at radius 1 is 1.17 bits per heavy atom. The summed E-state index contributed by atoms with van der Waals surface area (Å²) >= 11 is 0. The van der Waals surface area contributed by atoms with Crippen molar-refractivity contribution in [2.45, 2.75) is 19.9 Å². The van der Waals surface area contributed by atoms with Crippen LogP contribution in [-0.2, 0) is 9.59 Å². The topological polar surface area (TPSA) is 66.6 Å². The molecule has 1 heterocycles. The summed E-state index contributed by atoms with van der Waals surface area (Å²) in [6, 6.07) is -0.263. The van der Waals surface area contributed by atoms with E-state index in [9.17, 15) is 9.59 Å². The zero-order valence-corrected chi connectivity index (χ0v) is 11.0. The van der Waals surface area contributed by atoms with Crippen LogP contribution in [0.25, 0.3) is 0 Å². The number of carbonyl (C=O) groups excluding carboxylic acids is 2. The lowest BCUT2D eigenvalue weighted by molar-refractivity contribution is -0.129. The Labute approximate surface area is 108 Å². The van der Waals surface area contributed by atoms with Gasteiger partial charge in [0.05, 0.1) is 6.04 Å². The van der Waals surface area contributed by atoms with Gasteiger partial charge in [-0.3, -0.25) is 14.5 Å². The number of allylic oxidation sites excluding steroid dienone is 3. The SMILES string of the molecule is C/C=C/C=C/C(=O)N1CCN([C@H](C)C(N)=O)CC1. The fourth-order valence-corrected chi connectivity index (χ4v) is 1.86. The smallest absolute Gasteiger partial charge is 0.246 e. The van der Waals surface area contributed by atoms with Crippen LogP contribution < -0.4 is 5.73 Å². The predicted octanol–water partition coefficient (Wildman–Crippen LogP) is 0.137. The molecule has 100 valence electrons. The van der Waals surface area contributed by atoms with Crippen molar-refractivity contribution in [2.75, 3.05) is 26.2 Å². The highest BCUT2D eigenvalue weighted by Crippen LogP contribution is 2.06. The van der Waals surface area contributed by atoms with Gasteiger partial charge in [-0.25, -0.2) is 0 Å². The van der Waals surface area contributed by atoms with Gasteiger partial charge < -0.3 is 10.6 Å². The second kappa shape index (κ2) is 6.96. The lowest BCUT2D eigenvalue weighted by atomic mass is 10.2. The van der Waals surface area contributed by atoms with E-state index in [4.69, 9.17) is 5.73 Å². The summed E-state index contributed by atoms with van der Waals surface area (Å²) in [5.41, 5.74) is 5.26. The maximum atomic E-state index is 11.8. The molecular weight excluding hydrogens is 230 g/mol. The molecule has 0 aliphatic carbocycles. The maximum Gasteiger partial charge on any atom is 0.246 e. The van der Waals surface area contributed by atoms with E-state index in [-0.39, 0.29) is 17.9 Å². The number of piperazine rings is 1.